The van der Waals surface area contributed by atoms with E-state index in [9.17, 15) is 18.0 Å². The zero-order valence-electron chi connectivity index (χ0n) is 10.7. The molecule has 1 aromatic heterocycles. The third kappa shape index (κ3) is 4.79. The summed E-state index contributed by atoms with van der Waals surface area (Å²) in [5.41, 5.74) is 0.832. The highest BCUT2D eigenvalue weighted by atomic mass is 19.4. The summed E-state index contributed by atoms with van der Waals surface area (Å²) >= 11 is 0. The monoisotopic (exact) mass is 296 g/mol. The lowest BCUT2D eigenvalue weighted by Crippen LogP contribution is -2.19. The Morgan fingerprint density at radius 1 is 1.14 bits per heavy atom. The third-order valence-electron chi connectivity index (χ3n) is 2.41. The standard InChI is InChI=1S/C14H11F3N2O2/c15-14(16,17)9-21-12-7-6-10(8-18-12)13(20)19-11-4-2-1-3-5-11/h1-8H,9H2,(H,19,20). The predicted octanol–water partition coefficient (Wildman–Crippen LogP) is 3.28. The van der Waals surface area contributed by atoms with Crippen molar-refractivity contribution >= 4 is 11.6 Å². The molecule has 0 radical (unpaired) electrons. The van der Waals surface area contributed by atoms with Crippen LogP contribution in [0.5, 0.6) is 5.88 Å². The third-order valence-corrected chi connectivity index (χ3v) is 2.41. The highest BCUT2D eigenvalue weighted by molar-refractivity contribution is 6.04. The summed E-state index contributed by atoms with van der Waals surface area (Å²) in [6, 6.07) is 11.3. The van der Waals surface area contributed by atoms with Crippen molar-refractivity contribution in [2.45, 2.75) is 6.18 Å². The smallest absolute Gasteiger partial charge is 0.422 e. The molecular weight excluding hydrogens is 285 g/mol. The lowest BCUT2D eigenvalue weighted by atomic mass is 10.2. The highest BCUT2D eigenvalue weighted by Crippen LogP contribution is 2.17. The maximum Gasteiger partial charge on any atom is 0.422 e. The van der Waals surface area contributed by atoms with Gasteiger partial charge in [0, 0.05) is 18.0 Å². The molecule has 4 nitrogen and oxygen atoms in total. The maximum absolute atomic E-state index is 12.0. The van der Waals surface area contributed by atoms with Gasteiger partial charge in [-0.15, -0.1) is 0 Å². The van der Waals surface area contributed by atoms with Crippen LogP contribution in [0.1, 0.15) is 10.4 Å². The van der Waals surface area contributed by atoms with Gasteiger partial charge in [0.2, 0.25) is 5.88 Å². The van der Waals surface area contributed by atoms with Crippen molar-refractivity contribution in [1.29, 1.82) is 0 Å². The van der Waals surface area contributed by atoms with E-state index in [-0.39, 0.29) is 11.4 Å². The summed E-state index contributed by atoms with van der Waals surface area (Å²) in [4.78, 5) is 15.5. The zero-order chi connectivity index (χ0) is 15.3. The summed E-state index contributed by atoms with van der Waals surface area (Å²) in [7, 11) is 0. The van der Waals surface area contributed by atoms with Crippen LogP contribution in [0.3, 0.4) is 0 Å². The van der Waals surface area contributed by atoms with E-state index >= 15 is 0 Å². The van der Waals surface area contributed by atoms with Gasteiger partial charge < -0.3 is 10.1 Å². The first-order valence-electron chi connectivity index (χ1n) is 5.96. The Bertz CT molecular complexity index is 598. The molecule has 2 rings (SSSR count). The van der Waals surface area contributed by atoms with Gasteiger partial charge >= 0.3 is 6.18 Å². The molecule has 1 heterocycles. The number of para-hydroxylation sites is 1. The molecule has 2 aromatic rings. The number of nitrogens with zero attached hydrogens (tertiary/aromatic N) is 1. The molecule has 0 aliphatic heterocycles. The Labute approximate surface area is 118 Å². The summed E-state index contributed by atoms with van der Waals surface area (Å²) in [6.07, 6.45) is -3.27. The number of carbonyl (C=O) groups is 1. The first kappa shape index (κ1) is 14.8. The molecule has 0 atom stereocenters. The fraction of sp³-hybridized carbons (Fsp3) is 0.143. The quantitative estimate of drug-likeness (QED) is 0.942. The number of hydrogen-bond acceptors (Lipinski definition) is 3. The number of amides is 1. The summed E-state index contributed by atoms with van der Waals surface area (Å²) < 4.78 is 40.4. The van der Waals surface area contributed by atoms with Gasteiger partial charge in [-0.05, 0) is 18.2 Å². The van der Waals surface area contributed by atoms with Crippen LogP contribution in [0.25, 0.3) is 0 Å². The second kappa shape index (κ2) is 6.25. The van der Waals surface area contributed by atoms with E-state index < -0.39 is 18.7 Å². The maximum atomic E-state index is 12.0. The lowest BCUT2D eigenvalue weighted by Gasteiger charge is -2.09. The Kier molecular flexibility index (Phi) is 4.42. The fourth-order valence-corrected chi connectivity index (χ4v) is 1.48. The molecule has 21 heavy (non-hydrogen) atoms. The number of nitrogens with one attached hydrogen (secondary N) is 1. The van der Waals surface area contributed by atoms with E-state index in [0.717, 1.165) is 6.20 Å². The van der Waals surface area contributed by atoms with Crippen LogP contribution < -0.4 is 10.1 Å². The number of hydrogen-bond donors (Lipinski definition) is 1. The molecule has 0 aliphatic carbocycles. The summed E-state index contributed by atoms with van der Waals surface area (Å²) in [6.45, 7) is -1.42. The van der Waals surface area contributed by atoms with E-state index in [4.69, 9.17) is 0 Å². The van der Waals surface area contributed by atoms with Crippen LogP contribution in [0.4, 0.5) is 18.9 Å². The molecule has 0 unspecified atom stereocenters. The average Bonchev–Trinajstić information content (AvgIpc) is 2.46. The van der Waals surface area contributed by atoms with E-state index in [1.54, 1.807) is 24.3 Å². The van der Waals surface area contributed by atoms with Gasteiger partial charge in [0.15, 0.2) is 6.61 Å². The number of anilines is 1. The largest absolute Gasteiger partial charge is 0.468 e. The van der Waals surface area contributed by atoms with Crippen molar-refractivity contribution in [2.24, 2.45) is 0 Å². The number of aromatic nitrogens is 1. The van der Waals surface area contributed by atoms with Crippen molar-refractivity contribution < 1.29 is 22.7 Å². The van der Waals surface area contributed by atoms with Crippen LogP contribution in [0, 0.1) is 0 Å². The van der Waals surface area contributed by atoms with Gasteiger partial charge in [-0.25, -0.2) is 4.98 Å². The highest BCUT2D eigenvalue weighted by Gasteiger charge is 2.28. The molecule has 7 heteroatoms. The Balaban J connectivity index is 1.97. The second-order valence-corrected chi connectivity index (χ2v) is 4.11. The summed E-state index contributed by atoms with van der Waals surface area (Å²) in [5.74, 6) is -0.598. The van der Waals surface area contributed by atoms with Gasteiger partial charge in [-0.3, -0.25) is 4.79 Å². The van der Waals surface area contributed by atoms with Gasteiger partial charge in [-0.2, -0.15) is 13.2 Å². The first-order chi connectivity index (χ1) is 9.94. The molecule has 1 aromatic carbocycles. The number of carbonyl (C=O) groups excluding carboxylic acids is 1. The van der Waals surface area contributed by atoms with Crippen molar-refractivity contribution in [1.82, 2.24) is 4.98 Å². The molecule has 0 aliphatic rings. The minimum atomic E-state index is -4.43. The normalized spacial score (nSPS) is 11.0. The molecule has 1 amide bonds. The minimum absolute atomic E-state index is 0.191. The number of alkyl halides is 3. The Morgan fingerprint density at radius 3 is 2.43 bits per heavy atom. The van der Waals surface area contributed by atoms with Crippen molar-refractivity contribution in [2.75, 3.05) is 11.9 Å². The van der Waals surface area contributed by atoms with E-state index in [1.165, 1.54) is 12.1 Å². The first-order valence-corrected chi connectivity index (χ1v) is 5.96. The number of rotatable bonds is 4. The van der Waals surface area contributed by atoms with Gasteiger partial charge in [0.05, 0.1) is 5.56 Å². The predicted molar refractivity (Wildman–Crippen MR) is 70.2 cm³/mol. The van der Waals surface area contributed by atoms with Crippen LogP contribution in [-0.4, -0.2) is 23.7 Å². The van der Waals surface area contributed by atoms with E-state index in [1.807, 2.05) is 6.07 Å². The molecule has 0 saturated heterocycles. The summed E-state index contributed by atoms with van der Waals surface area (Å²) in [5, 5.41) is 2.63. The molecule has 0 fully saturated rings. The number of halogens is 3. The molecule has 110 valence electrons. The lowest BCUT2D eigenvalue weighted by molar-refractivity contribution is -0.154. The number of ether oxygens (including phenoxy) is 1. The Morgan fingerprint density at radius 2 is 1.86 bits per heavy atom. The van der Waals surface area contributed by atoms with Crippen LogP contribution >= 0.6 is 0 Å². The van der Waals surface area contributed by atoms with Crippen LogP contribution in [-0.2, 0) is 0 Å². The minimum Gasteiger partial charge on any atom is -0.468 e. The van der Waals surface area contributed by atoms with Crippen molar-refractivity contribution in [3.05, 3.63) is 54.2 Å². The van der Waals surface area contributed by atoms with E-state index in [2.05, 4.69) is 15.0 Å². The van der Waals surface area contributed by atoms with Gasteiger partial charge in [0.25, 0.3) is 5.91 Å². The van der Waals surface area contributed by atoms with Gasteiger partial charge in [-0.1, -0.05) is 18.2 Å². The molecule has 0 saturated carbocycles. The average molecular weight is 296 g/mol. The van der Waals surface area contributed by atoms with Crippen molar-refractivity contribution in [3.8, 4) is 5.88 Å². The molecule has 0 spiro atoms. The molecule has 0 bridgehead atoms. The van der Waals surface area contributed by atoms with Gasteiger partial charge in [0.1, 0.15) is 0 Å². The second-order valence-electron chi connectivity index (χ2n) is 4.11. The van der Waals surface area contributed by atoms with Crippen LogP contribution in [0.15, 0.2) is 48.7 Å². The number of benzene rings is 1. The van der Waals surface area contributed by atoms with Crippen LogP contribution in [0.2, 0.25) is 0 Å². The SMILES string of the molecule is O=C(Nc1ccccc1)c1ccc(OCC(F)(F)F)nc1. The molecular formula is C14H11F3N2O2. The molecule has 1 N–H and O–H groups in total. The Hall–Kier alpha value is -2.57. The van der Waals surface area contributed by atoms with E-state index in [0.29, 0.717) is 5.69 Å². The zero-order valence-corrected chi connectivity index (χ0v) is 10.7. The topological polar surface area (TPSA) is 51.2 Å². The number of pyridine rings is 1. The van der Waals surface area contributed by atoms with Crippen molar-refractivity contribution in [3.63, 3.8) is 0 Å². The fourth-order valence-electron chi connectivity index (χ4n) is 1.48.